The fraction of sp³-hybridized carbons (Fsp3) is 0.512. The van der Waals surface area contributed by atoms with Gasteiger partial charge in [0, 0.05) is 51.0 Å². The predicted molar refractivity (Wildman–Crippen MR) is 198 cm³/mol. The summed E-state index contributed by atoms with van der Waals surface area (Å²) >= 11 is 0. The summed E-state index contributed by atoms with van der Waals surface area (Å²) in [6, 6.07) is 23.5. The summed E-state index contributed by atoms with van der Waals surface area (Å²) in [5.74, 6) is -0.237. The van der Waals surface area contributed by atoms with E-state index in [9.17, 15) is 19.2 Å². The van der Waals surface area contributed by atoms with Crippen LogP contribution in [-0.2, 0) is 32.0 Å². The van der Waals surface area contributed by atoms with E-state index in [2.05, 4.69) is 34.9 Å². The summed E-state index contributed by atoms with van der Waals surface area (Å²) in [5, 5.41) is 8.44. The van der Waals surface area contributed by atoms with Crippen molar-refractivity contribution in [2.24, 2.45) is 16.6 Å². The third-order valence-electron chi connectivity index (χ3n) is 10.8. The van der Waals surface area contributed by atoms with Crippen LogP contribution in [0.2, 0.25) is 0 Å². The first-order valence-electron chi connectivity index (χ1n) is 18.5. The number of hydrogen-bond acceptors (Lipinski definition) is 5. The minimum absolute atomic E-state index is 0.0373. The molecule has 4 amide bonds. The summed E-state index contributed by atoms with van der Waals surface area (Å²) in [6.07, 6.45) is 6.50. The molecule has 50 heavy (non-hydrogen) atoms. The molecule has 2 aliphatic rings. The monoisotopic (exact) mass is 681 g/mol. The van der Waals surface area contributed by atoms with Crippen LogP contribution in [0.5, 0.6) is 0 Å². The van der Waals surface area contributed by atoms with Gasteiger partial charge in [0.05, 0.1) is 5.41 Å². The van der Waals surface area contributed by atoms with Gasteiger partial charge in [-0.3, -0.25) is 19.2 Å². The Hall–Kier alpha value is -4.24. The molecular formula is C41H55N5O4. The molecule has 9 heteroatoms. The molecule has 1 unspecified atom stereocenters. The van der Waals surface area contributed by atoms with E-state index in [0.717, 1.165) is 41.2 Å². The Balaban J connectivity index is 1.35. The smallest absolute Gasteiger partial charge is 0.245 e. The largest absolute Gasteiger partial charge is 0.356 e. The van der Waals surface area contributed by atoms with Gasteiger partial charge in [-0.25, -0.2) is 0 Å². The number of fused-ring (bicyclic) bond motifs is 1. The maximum Gasteiger partial charge on any atom is 0.245 e. The Morgan fingerprint density at radius 1 is 0.800 bits per heavy atom. The summed E-state index contributed by atoms with van der Waals surface area (Å²) < 4.78 is 0. The van der Waals surface area contributed by atoms with Gasteiger partial charge in [-0.1, -0.05) is 86.1 Å². The van der Waals surface area contributed by atoms with Gasteiger partial charge in [0.25, 0.3) is 0 Å². The highest BCUT2D eigenvalue weighted by Gasteiger charge is 2.45. The van der Waals surface area contributed by atoms with Crippen LogP contribution in [0, 0.1) is 10.8 Å². The van der Waals surface area contributed by atoms with Crippen molar-refractivity contribution in [1.29, 1.82) is 0 Å². The van der Waals surface area contributed by atoms with E-state index in [-0.39, 0.29) is 30.2 Å². The van der Waals surface area contributed by atoms with E-state index < -0.39 is 16.9 Å². The first-order valence-corrected chi connectivity index (χ1v) is 18.5. The van der Waals surface area contributed by atoms with E-state index in [4.69, 9.17) is 5.73 Å². The van der Waals surface area contributed by atoms with Crippen LogP contribution in [0.25, 0.3) is 10.8 Å². The quantitative estimate of drug-likeness (QED) is 0.207. The van der Waals surface area contributed by atoms with Crippen molar-refractivity contribution in [1.82, 2.24) is 20.4 Å². The highest BCUT2D eigenvalue weighted by Crippen LogP contribution is 2.36. The number of nitrogens with zero attached hydrogens (tertiary/aromatic N) is 2. The van der Waals surface area contributed by atoms with Crippen molar-refractivity contribution in [2.45, 2.75) is 84.1 Å². The van der Waals surface area contributed by atoms with E-state index >= 15 is 0 Å². The number of piperidine rings is 2. The highest BCUT2D eigenvalue weighted by atomic mass is 16.2. The minimum Gasteiger partial charge on any atom is -0.356 e. The van der Waals surface area contributed by atoms with Crippen molar-refractivity contribution in [3.8, 4) is 0 Å². The second-order valence-electron chi connectivity index (χ2n) is 14.6. The third-order valence-corrected chi connectivity index (χ3v) is 10.8. The second-order valence-corrected chi connectivity index (χ2v) is 14.6. The Bertz CT molecular complexity index is 1620. The molecule has 9 nitrogen and oxygen atoms in total. The number of nitrogens with two attached hydrogens (primary N) is 1. The third kappa shape index (κ3) is 9.10. The summed E-state index contributed by atoms with van der Waals surface area (Å²) in [4.78, 5) is 59.0. The van der Waals surface area contributed by atoms with Gasteiger partial charge in [0.15, 0.2) is 0 Å². The number of carbonyl (C=O) groups excluding carboxylic acids is 4. The van der Waals surface area contributed by atoms with Gasteiger partial charge >= 0.3 is 0 Å². The molecule has 0 radical (unpaired) electrons. The van der Waals surface area contributed by atoms with Crippen LogP contribution in [-0.4, -0.2) is 78.7 Å². The van der Waals surface area contributed by atoms with E-state index in [1.54, 1.807) is 0 Å². The molecule has 2 aliphatic heterocycles. The standard InChI is InChI=1S/C41H55N5O4/c1-3-43-39(50)41(29-31-13-6-4-7-14-31)20-12-24-46(30-41)37(48)35(28-32-18-19-33-15-9-10-16-34(33)27-32)44-38(49)40(2)21-25-45(26-22-40)36(47)17-8-5-11-23-42/h4,6-7,9-10,13-16,18-19,27,35H,3,5,8,11-12,17,20-26,28-30,42H2,1-2H3,(H,43,50)(H,44,49)/t35?,41-/m0/s1. The first-order chi connectivity index (χ1) is 24.2. The molecular weight excluding hydrogens is 626 g/mol. The van der Waals surface area contributed by atoms with Crippen LogP contribution < -0.4 is 16.4 Å². The first kappa shape index (κ1) is 37.0. The molecule has 2 saturated heterocycles. The number of benzene rings is 3. The number of unbranched alkanes of at least 4 members (excludes halogenated alkanes) is 2. The van der Waals surface area contributed by atoms with Gasteiger partial charge in [-0.2, -0.15) is 0 Å². The molecule has 2 heterocycles. The number of hydrogen-bond donors (Lipinski definition) is 3. The van der Waals surface area contributed by atoms with Crippen LogP contribution >= 0.6 is 0 Å². The lowest BCUT2D eigenvalue weighted by atomic mass is 9.74. The number of nitrogens with one attached hydrogen (secondary N) is 2. The fourth-order valence-electron chi connectivity index (χ4n) is 7.65. The van der Waals surface area contributed by atoms with E-state index in [1.807, 2.05) is 72.2 Å². The van der Waals surface area contributed by atoms with Crippen molar-refractivity contribution >= 4 is 34.4 Å². The Morgan fingerprint density at radius 2 is 1.52 bits per heavy atom. The lowest BCUT2D eigenvalue weighted by Gasteiger charge is -2.43. The van der Waals surface area contributed by atoms with E-state index in [1.165, 1.54) is 0 Å². The van der Waals surface area contributed by atoms with Gasteiger partial charge in [0.2, 0.25) is 23.6 Å². The number of likely N-dealkylation sites (tertiary alicyclic amines) is 2. The molecule has 0 spiro atoms. The zero-order valence-electron chi connectivity index (χ0n) is 29.9. The van der Waals surface area contributed by atoms with Gasteiger partial charge in [0.1, 0.15) is 6.04 Å². The molecule has 0 aliphatic carbocycles. The number of carbonyl (C=O) groups is 4. The fourth-order valence-corrected chi connectivity index (χ4v) is 7.65. The average Bonchev–Trinajstić information content (AvgIpc) is 3.13. The van der Waals surface area contributed by atoms with Gasteiger partial charge < -0.3 is 26.2 Å². The zero-order valence-corrected chi connectivity index (χ0v) is 29.9. The lowest BCUT2D eigenvalue weighted by molar-refractivity contribution is -0.146. The maximum absolute atomic E-state index is 14.6. The van der Waals surface area contributed by atoms with Gasteiger partial charge in [-0.15, -0.1) is 0 Å². The van der Waals surface area contributed by atoms with Crippen molar-refractivity contribution in [2.75, 3.05) is 39.3 Å². The number of amides is 4. The summed E-state index contributed by atoms with van der Waals surface area (Å²) in [5.41, 5.74) is 6.14. The number of rotatable bonds is 14. The van der Waals surface area contributed by atoms with Crippen LogP contribution in [0.15, 0.2) is 72.8 Å². The maximum atomic E-state index is 14.6. The van der Waals surface area contributed by atoms with Crippen LogP contribution in [0.4, 0.5) is 0 Å². The Labute approximate surface area is 297 Å². The Morgan fingerprint density at radius 3 is 2.24 bits per heavy atom. The van der Waals surface area contributed by atoms with Gasteiger partial charge in [-0.05, 0) is 80.3 Å². The Kier molecular flexibility index (Phi) is 12.7. The zero-order chi connectivity index (χ0) is 35.6. The molecule has 0 saturated carbocycles. The molecule has 3 aromatic carbocycles. The minimum atomic E-state index is -0.801. The summed E-state index contributed by atoms with van der Waals surface area (Å²) in [7, 11) is 0. The molecule has 2 atom stereocenters. The lowest BCUT2D eigenvalue weighted by Crippen LogP contribution is -2.59. The van der Waals surface area contributed by atoms with Crippen LogP contribution in [0.1, 0.15) is 76.3 Å². The molecule has 4 N–H and O–H groups in total. The second kappa shape index (κ2) is 17.1. The predicted octanol–water partition coefficient (Wildman–Crippen LogP) is 5.00. The molecule has 0 aromatic heterocycles. The van der Waals surface area contributed by atoms with Crippen molar-refractivity contribution < 1.29 is 19.2 Å². The molecule has 268 valence electrons. The molecule has 5 rings (SSSR count). The van der Waals surface area contributed by atoms with Crippen LogP contribution in [0.3, 0.4) is 0 Å². The normalized spacial score (nSPS) is 19.5. The topological polar surface area (TPSA) is 125 Å². The molecule has 2 fully saturated rings. The molecule has 0 bridgehead atoms. The van der Waals surface area contributed by atoms with E-state index in [0.29, 0.717) is 77.7 Å². The highest BCUT2D eigenvalue weighted by molar-refractivity contribution is 5.92. The average molecular weight is 682 g/mol. The molecule has 3 aromatic rings. The summed E-state index contributed by atoms with van der Waals surface area (Å²) in [6.45, 7) is 6.86. The van der Waals surface area contributed by atoms with Crippen molar-refractivity contribution in [3.05, 3.63) is 83.9 Å². The van der Waals surface area contributed by atoms with Crippen molar-refractivity contribution in [3.63, 3.8) is 0 Å². The SMILES string of the molecule is CCNC(=O)[C@]1(Cc2ccccc2)CCCN(C(=O)C(Cc2ccc3ccccc3c2)NC(=O)C2(C)CCN(C(=O)CCCCCN)CC2)C1.